The fourth-order valence-electron chi connectivity index (χ4n) is 2.43. The Morgan fingerprint density at radius 1 is 1.36 bits per heavy atom. The van der Waals surface area contributed by atoms with Gasteiger partial charge in [0.05, 0.1) is 6.61 Å². The van der Waals surface area contributed by atoms with Gasteiger partial charge < -0.3 is 10.1 Å². The van der Waals surface area contributed by atoms with E-state index in [4.69, 9.17) is 4.74 Å². The fraction of sp³-hybridized carbons (Fsp3) is 0.500. The third-order valence-electron chi connectivity index (χ3n) is 3.60. The summed E-state index contributed by atoms with van der Waals surface area (Å²) in [7, 11) is 0. The van der Waals surface area contributed by atoms with Crippen molar-refractivity contribution in [1.29, 1.82) is 0 Å². The zero-order valence-corrected chi connectivity index (χ0v) is 16.8. The van der Waals surface area contributed by atoms with Crippen molar-refractivity contribution in [2.24, 2.45) is 0 Å². The molecule has 0 unspecified atom stereocenters. The van der Waals surface area contributed by atoms with Crippen molar-refractivity contribution >= 4 is 34.1 Å². The number of thioether (sulfide) groups is 1. The van der Waals surface area contributed by atoms with Gasteiger partial charge in [-0.15, -0.1) is 10.2 Å². The number of aryl methyl sites for hydroxylation is 1. The van der Waals surface area contributed by atoms with Gasteiger partial charge in [-0.1, -0.05) is 49.9 Å². The minimum absolute atomic E-state index is 0.0564. The van der Waals surface area contributed by atoms with Crippen LogP contribution < -0.4 is 10.1 Å². The van der Waals surface area contributed by atoms with Crippen LogP contribution in [0.5, 0.6) is 5.75 Å². The number of amides is 1. The normalized spacial score (nSPS) is 10.9. The minimum Gasteiger partial charge on any atom is -0.494 e. The minimum atomic E-state index is -0.0564. The van der Waals surface area contributed by atoms with E-state index >= 15 is 0 Å². The highest BCUT2D eigenvalue weighted by molar-refractivity contribution is 8.01. The van der Waals surface area contributed by atoms with Crippen LogP contribution in [0.1, 0.15) is 50.7 Å². The van der Waals surface area contributed by atoms with Crippen molar-refractivity contribution in [1.82, 2.24) is 10.2 Å². The van der Waals surface area contributed by atoms with Crippen molar-refractivity contribution in [3.8, 4) is 5.75 Å². The molecule has 7 heteroatoms. The van der Waals surface area contributed by atoms with E-state index in [1.54, 1.807) is 11.8 Å². The SMILES string of the molecule is CCSc1nnc(NC(=O)CCCOc2ccc(C(C)C)c(C)c2)s1. The number of carbonyl (C=O) groups excluding carboxylic acids is 1. The number of hydrogen-bond acceptors (Lipinski definition) is 6. The van der Waals surface area contributed by atoms with Crippen LogP contribution in [0.15, 0.2) is 22.5 Å². The van der Waals surface area contributed by atoms with Crippen LogP contribution in [-0.2, 0) is 4.79 Å². The second kappa shape index (κ2) is 9.77. The molecule has 1 heterocycles. The summed E-state index contributed by atoms with van der Waals surface area (Å²) < 4.78 is 6.63. The van der Waals surface area contributed by atoms with Gasteiger partial charge in [-0.05, 0) is 48.3 Å². The highest BCUT2D eigenvalue weighted by Crippen LogP contribution is 2.25. The van der Waals surface area contributed by atoms with Crippen molar-refractivity contribution in [3.05, 3.63) is 29.3 Å². The third kappa shape index (κ3) is 6.32. The first-order valence-electron chi connectivity index (χ1n) is 8.49. The molecule has 0 saturated carbocycles. The Labute approximate surface area is 157 Å². The van der Waals surface area contributed by atoms with Crippen molar-refractivity contribution in [3.63, 3.8) is 0 Å². The summed E-state index contributed by atoms with van der Waals surface area (Å²) in [6, 6.07) is 6.17. The molecule has 1 aromatic carbocycles. The van der Waals surface area contributed by atoms with Gasteiger partial charge in [-0.3, -0.25) is 4.79 Å². The van der Waals surface area contributed by atoms with Gasteiger partial charge in [0.1, 0.15) is 5.75 Å². The molecule has 0 bridgehead atoms. The van der Waals surface area contributed by atoms with Gasteiger partial charge in [-0.2, -0.15) is 0 Å². The summed E-state index contributed by atoms with van der Waals surface area (Å²) in [6.45, 7) is 9.04. The summed E-state index contributed by atoms with van der Waals surface area (Å²) in [5.41, 5.74) is 2.58. The van der Waals surface area contributed by atoms with Gasteiger partial charge >= 0.3 is 0 Å². The molecule has 136 valence electrons. The molecular formula is C18H25N3O2S2. The number of hydrogen-bond donors (Lipinski definition) is 1. The summed E-state index contributed by atoms with van der Waals surface area (Å²) in [5, 5.41) is 11.3. The van der Waals surface area contributed by atoms with Gasteiger partial charge in [0, 0.05) is 6.42 Å². The fourth-order valence-corrected chi connectivity index (χ4v) is 4.10. The molecule has 1 N–H and O–H groups in total. The predicted octanol–water partition coefficient (Wildman–Crippen LogP) is 4.88. The number of benzene rings is 1. The van der Waals surface area contributed by atoms with Crippen molar-refractivity contribution in [2.45, 2.75) is 50.8 Å². The second-order valence-corrected chi connectivity index (χ2v) is 8.47. The molecular weight excluding hydrogens is 354 g/mol. The Kier molecular flexibility index (Phi) is 7.71. The van der Waals surface area contributed by atoms with Crippen LogP contribution in [0.2, 0.25) is 0 Å². The van der Waals surface area contributed by atoms with E-state index in [1.165, 1.54) is 22.5 Å². The van der Waals surface area contributed by atoms with Crippen LogP contribution in [0.4, 0.5) is 5.13 Å². The molecule has 0 fully saturated rings. The van der Waals surface area contributed by atoms with Gasteiger partial charge in [0.2, 0.25) is 11.0 Å². The lowest BCUT2D eigenvalue weighted by Crippen LogP contribution is -2.12. The Morgan fingerprint density at radius 2 is 2.16 bits per heavy atom. The second-order valence-electron chi connectivity index (χ2n) is 5.98. The quantitative estimate of drug-likeness (QED) is 0.382. The molecule has 0 aliphatic rings. The number of nitrogens with one attached hydrogen (secondary N) is 1. The Hall–Kier alpha value is -1.60. The highest BCUT2D eigenvalue weighted by atomic mass is 32.2. The number of carbonyl (C=O) groups is 1. The maximum atomic E-state index is 11.9. The molecule has 5 nitrogen and oxygen atoms in total. The average Bonchev–Trinajstić information content (AvgIpc) is 2.98. The van der Waals surface area contributed by atoms with Gasteiger partial charge in [0.25, 0.3) is 0 Å². The van der Waals surface area contributed by atoms with Crippen LogP contribution >= 0.6 is 23.1 Å². The predicted molar refractivity (Wildman–Crippen MR) is 105 cm³/mol. The average molecular weight is 380 g/mol. The summed E-state index contributed by atoms with van der Waals surface area (Å²) in [5.74, 6) is 2.25. The lowest BCUT2D eigenvalue weighted by atomic mass is 9.98. The lowest BCUT2D eigenvalue weighted by molar-refractivity contribution is -0.116. The highest BCUT2D eigenvalue weighted by Gasteiger charge is 2.09. The summed E-state index contributed by atoms with van der Waals surface area (Å²) in [4.78, 5) is 11.9. The molecule has 2 rings (SSSR count). The Balaban J connectivity index is 1.71. The molecule has 0 saturated heterocycles. The van der Waals surface area contributed by atoms with E-state index < -0.39 is 0 Å². The summed E-state index contributed by atoms with van der Waals surface area (Å²) >= 11 is 3.02. The maximum Gasteiger partial charge on any atom is 0.226 e. The molecule has 1 amide bonds. The van der Waals surface area contributed by atoms with E-state index in [-0.39, 0.29) is 5.91 Å². The number of rotatable bonds is 9. The molecule has 0 spiro atoms. The molecule has 1 aromatic heterocycles. The molecule has 0 atom stereocenters. The van der Waals surface area contributed by atoms with Crippen LogP contribution in [0.25, 0.3) is 0 Å². The number of ether oxygens (including phenoxy) is 1. The molecule has 0 aliphatic carbocycles. The van der Waals surface area contributed by atoms with E-state index in [2.05, 4.69) is 55.3 Å². The van der Waals surface area contributed by atoms with Crippen LogP contribution in [-0.4, -0.2) is 28.5 Å². The first-order valence-corrected chi connectivity index (χ1v) is 10.3. The van der Waals surface area contributed by atoms with Crippen molar-refractivity contribution < 1.29 is 9.53 Å². The number of anilines is 1. The van der Waals surface area contributed by atoms with E-state index in [0.29, 0.717) is 30.5 Å². The standard InChI is InChI=1S/C18H25N3O2S2/c1-5-24-18-21-20-17(25-18)19-16(22)7-6-10-23-14-8-9-15(12(2)3)13(4)11-14/h8-9,11-12H,5-7,10H2,1-4H3,(H,19,20,22). The first-order chi connectivity index (χ1) is 12.0. The largest absolute Gasteiger partial charge is 0.494 e. The monoisotopic (exact) mass is 379 g/mol. The first kappa shape index (κ1) is 19.7. The van der Waals surface area contributed by atoms with Crippen LogP contribution in [0, 0.1) is 6.92 Å². The zero-order chi connectivity index (χ0) is 18.2. The number of aromatic nitrogens is 2. The van der Waals surface area contributed by atoms with Gasteiger partial charge in [-0.25, -0.2) is 0 Å². The third-order valence-corrected chi connectivity index (χ3v) is 5.45. The molecule has 2 aromatic rings. The Morgan fingerprint density at radius 3 is 2.84 bits per heavy atom. The van der Waals surface area contributed by atoms with E-state index in [9.17, 15) is 4.79 Å². The zero-order valence-electron chi connectivity index (χ0n) is 15.2. The van der Waals surface area contributed by atoms with Gasteiger partial charge in [0.15, 0.2) is 4.34 Å². The van der Waals surface area contributed by atoms with E-state index in [1.807, 2.05) is 6.07 Å². The lowest BCUT2D eigenvalue weighted by Gasteiger charge is -2.12. The smallest absolute Gasteiger partial charge is 0.226 e. The van der Waals surface area contributed by atoms with E-state index in [0.717, 1.165) is 15.8 Å². The number of nitrogens with zero attached hydrogens (tertiary/aromatic N) is 2. The molecule has 25 heavy (non-hydrogen) atoms. The molecule has 0 aliphatic heterocycles. The Bertz CT molecular complexity index is 701. The molecule has 0 radical (unpaired) electrons. The maximum absolute atomic E-state index is 11.9. The summed E-state index contributed by atoms with van der Waals surface area (Å²) in [6.07, 6.45) is 1.06. The topological polar surface area (TPSA) is 64.1 Å². The van der Waals surface area contributed by atoms with Crippen molar-refractivity contribution in [2.75, 3.05) is 17.7 Å². The van der Waals surface area contributed by atoms with Crippen LogP contribution in [0.3, 0.4) is 0 Å².